The van der Waals surface area contributed by atoms with Crippen LogP contribution < -0.4 is 5.32 Å². The summed E-state index contributed by atoms with van der Waals surface area (Å²) in [4.78, 5) is 27.2. The van der Waals surface area contributed by atoms with Crippen molar-refractivity contribution in [2.75, 3.05) is 38.0 Å². The Labute approximate surface area is 145 Å². The van der Waals surface area contributed by atoms with Gasteiger partial charge in [0.25, 0.3) is 0 Å². The number of nitrogens with one attached hydrogen (secondary N) is 1. The molecule has 0 unspecified atom stereocenters. The van der Waals surface area contributed by atoms with Crippen LogP contribution in [0.25, 0.3) is 0 Å². The summed E-state index contributed by atoms with van der Waals surface area (Å²) in [5.41, 5.74) is 3.33. The van der Waals surface area contributed by atoms with Crippen LogP contribution in [0.3, 0.4) is 0 Å². The van der Waals surface area contributed by atoms with Crippen LogP contribution in [-0.4, -0.2) is 54.8 Å². The Morgan fingerprint density at radius 1 is 1.08 bits per heavy atom. The third kappa shape index (κ3) is 4.57. The number of carbonyl (C=O) groups is 2. The fraction of sp³-hybridized carbons (Fsp3) is 0.579. The molecule has 0 aromatic heterocycles. The molecule has 132 valence electrons. The minimum absolute atomic E-state index is 0.0181. The van der Waals surface area contributed by atoms with Gasteiger partial charge in [-0.15, -0.1) is 0 Å². The summed E-state index contributed by atoms with van der Waals surface area (Å²) >= 11 is 0. The van der Waals surface area contributed by atoms with Crippen molar-refractivity contribution < 1.29 is 9.59 Å². The Balaban J connectivity index is 2.07. The molecule has 2 amide bonds. The van der Waals surface area contributed by atoms with E-state index < -0.39 is 0 Å². The van der Waals surface area contributed by atoms with Gasteiger partial charge in [-0.2, -0.15) is 0 Å². The lowest BCUT2D eigenvalue weighted by molar-refractivity contribution is -0.120. The summed E-state index contributed by atoms with van der Waals surface area (Å²) < 4.78 is 0. The molecule has 0 atom stereocenters. The highest BCUT2D eigenvalue weighted by atomic mass is 16.2. The van der Waals surface area contributed by atoms with E-state index in [1.165, 1.54) is 11.1 Å². The standard InChI is InChI=1S/C19H29N3O2/c1-14(2)16-6-5-7-17(15(3)4)19(16)20-18(24)12-21-8-10-22(13-23)11-9-21/h5-7,13-15H,8-12H2,1-4H3,(H,20,24). The van der Waals surface area contributed by atoms with Gasteiger partial charge in [0.05, 0.1) is 6.54 Å². The molecule has 5 nitrogen and oxygen atoms in total. The van der Waals surface area contributed by atoms with Crippen molar-refractivity contribution in [3.8, 4) is 0 Å². The topological polar surface area (TPSA) is 52.7 Å². The van der Waals surface area contributed by atoms with Crippen molar-refractivity contribution in [3.63, 3.8) is 0 Å². The van der Waals surface area contributed by atoms with Crippen molar-refractivity contribution in [1.29, 1.82) is 0 Å². The number of anilines is 1. The molecule has 24 heavy (non-hydrogen) atoms. The number of amides is 2. The zero-order valence-corrected chi connectivity index (χ0v) is 15.2. The molecule has 0 bridgehead atoms. The van der Waals surface area contributed by atoms with E-state index in [1.807, 2.05) is 0 Å². The maximum Gasteiger partial charge on any atom is 0.238 e. The van der Waals surface area contributed by atoms with Gasteiger partial charge in [0.15, 0.2) is 0 Å². The Morgan fingerprint density at radius 2 is 1.62 bits per heavy atom. The van der Waals surface area contributed by atoms with E-state index in [0.29, 0.717) is 31.5 Å². The quantitative estimate of drug-likeness (QED) is 0.815. The van der Waals surface area contributed by atoms with Crippen molar-refractivity contribution in [3.05, 3.63) is 29.3 Å². The van der Waals surface area contributed by atoms with Crippen molar-refractivity contribution in [1.82, 2.24) is 9.80 Å². The number of hydrogen-bond donors (Lipinski definition) is 1. The van der Waals surface area contributed by atoms with Gasteiger partial charge >= 0.3 is 0 Å². The predicted molar refractivity (Wildman–Crippen MR) is 97.3 cm³/mol. The summed E-state index contributed by atoms with van der Waals surface area (Å²) in [6.45, 7) is 11.8. The molecule has 1 aliphatic rings. The molecule has 0 saturated carbocycles. The van der Waals surface area contributed by atoms with E-state index in [1.54, 1.807) is 4.90 Å². The van der Waals surface area contributed by atoms with Gasteiger partial charge in [-0.25, -0.2) is 0 Å². The first-order chi connectivity index (χ1) is 11.4. The van der Waals surface area contributed by atoms with Crippen LogP contribution in [-0.2, 0) is 9.59 Å². The van der Waals surface area contributed by atoms with Gasteiger partial charge in [0.2, 0.25) is 12.3 Å². The van der Waals surface area contributed by atoms with Gasteiger partial charge in [0.1, 0.15) is 0 Å². The number of nitrogens with zero attached hydrogens (tertiary/aromatic N) is 2. The van der Waals surface area contributed by atoms with Crippen LogP contribution in [0.2, 0.25) is 0 Å². The Bertz CT molecular complexity index is 550. The number of piperazine rings is 1. The third-order valence-corrected chi connectivity index (χ3v) is 4.56. The molecule has 1 aromatic carbocycles. The molecular weight excluding hydrogens is 302 g/mol. The number of benzene rings is 1. The van der Waals surface area contributed by atoms with Crippen molar-refractivity contribution >= 4 is 18.0 Å². The molecule has 0 spiro atoms. The second-order valence-electron chi connectivity index (χ2n) is 7.09. The average molecular weight is 331 g/mol. The van der Waals surface area contributed by atoms with E-state index in [2.05, 4.69) is 56.1 Å². The minimum atomic E-state index is 0.0181. The molecule has 1 aromatic rings. The number of carbonyl (C=O) groups excluding carboxylic acids is 2. The second kappa shape index (κ2) is 8.29. The van der Waals surface area contributed by atoms with E-state index in [4.69, 9.17) is 0 Å². The molecule has 2 rings (SSSR count). The van der Waals surface area contributed by atoms with Crippen LogP contribution in [0.5, 0.6) is 0 Å². The molecule has 5 heteroatoms. The first-order valence-electron chi connectivity index (χ1n) is 8.76. The highest BCUT2D eigenvalue weighted by Crippen LogP contribution is 2.32. The lowest BCUT2D eigenvalue weighted by atomic mass is 9.92. The van der Waals surface area contributed by atoms with Crippen LogP contribution in [0.4, 0.5) is 5.69 Å². The normalized spacial score (nSPS) is 15.8. The Morgan fingerprint density at radius 3 is 2.08 bits per heavy atom. The van der Waals surface area contributed by atoms with Gasteiger partial charge in [-0.3, -0.25) is 14.5 Å². The lowest BCUT2D eigenvalue weighted by Gasteiger charge is -2.32. The van der Waals surface area contributed by atoms with E-state index >= 15 is 0 Å². The fourth-order valence-corrected chi connectivity index (χ4v) is 3.10. The molecule has 1 saturated heterocycles. The maximum atomic E-state index is 12.5. The van der Waals surface area contributed by atoms with E-state index in [-0.39, 0.29) is 5.91 Å². The SMILES string of the molecule is CC(C)c1cccc(C(C)C)c1NC(=O)CN1CCN(C=O)CC1. The zero-order chi connectivity index (χ0) is 17.7. The van der Waals surface area contributed by atoms with Crippen LogP contribution in [0.1, 0.15) is 50.7 Å². The molecule has 0 radical (unpaired) electrons. The molecule has 0 aliphatic carbocycles. The first kappa shape index (κ1) is 18.5. The summed E-state index contributed by atoms with van der Waals surface area (Å²) in [5.74, 6) is 0.731. The minimum Gasteiger partial charge on any atom is -0.343 e. The second-order valence-corrected chi connectivity index (χ2v) is 7.09. The monoisotopic (exact) mass is 331 g/mol. The van der Waals surface area contributed by atoms with Gasteiger partial charge in [-0.1, -0.05) is 45.9 Å². The summed E-state index contributed by atoms with van der Waals surface area (Å²) in [5, 5.41) is 3.15. The highest BCUT2D eigenvalue weighted by molar-refractivity contribution is 5.94. The Hall–Kier alpha value is -1.88. The zero-order valence-electron chi connectivity index (χ0n) is 15.2. The van der Waals surface area contributed by atoms with Gasteiger partial charge in [0, 0.05) is 31.9 Å². The smallest absolute Gasteiger partial charge is 0.238 e. The van der Waals surface area contributed by atoms with Gasteiger partial charge in [-0.05, 0) is 23.0 Å². The lowest BCUT2D eigenvalue weighted by Crippen LogP contribution is -2.48. The molecule has 1 aliphatic heterocycles. The largest absolute Gasteiger partial charge is 0.343 e. The fourth-order valence-electron chi connectivity index (χ4n) is 3.10. The van der Waals surface area contributed by atoms with E-state index in [0.717, 1.165) is 25.2 Å². The number of para-hydroxylation sites is 1. The highest BCUT2D eigenvalue weighted by Gasteiger charge is 2.20. The number of rotatable bonds is 6. The molecule has 1 heterocycles. The summed E-state index contributed by atoms with van der Waals surface area (Å²) in [7, 11) is 0. The summed E-state index contributed by atoms with van der Waals surface area (Å²) in [6.07, 6.45) is 0.880. The van der Waals surface area contributed by atoms with Crippen molar-refractivity contribution in [2.45, 2.75) is 39.5 Å². The average Bonchev–Trinajstić information content (AvgIpc) is 2.55. The molecule has 1 fully saturated rings. The summed E-state index contributed by atoms with van der Waals surface area (Å²) in [6, 6.07) is 6.25. The predicted octanol–water partition coefficient (Wildman–Crippen LogP) is 2.65. The van der Waals surface area contributed by atoms with Crippen molar-refractivity contribution in [2.24, 2.45) is 0 Å². The number of hydrogen-bond acceptors (Lipinski definition) is 3. The Kier molecular flexibility index (Phi) is 6.37. The maximum absolute atomic E-state index is 12.5. The van der Waals surface area contributed by atoms with Gasteiger partial charge < -0.3 is 10.2 Å². The third-order valence-electron chi connectivity index (χ3n) is 4.56. The molecule has 1 N–H and O–H groups in total. The van der Waals surface area contributed by atoms with Crippen LogP contribution >= 0.6 is 0 Å². The molecular formula is C19H29N3O2. The van der Waals surface area contributed by atoms with E-state index in [9.17, 15) is 9.59 Å². The van der Waals surface area contributed by atoms with Crippen LogP contribution in [0, 0.1) is 0 Å². The first-order valence-corrected chi connectivity index (χ1v) is 8.76. The van der Waals surface area contributed by atoms with Crippen LogP contribution in [0.15, 0.2) is 18.2 Å².